The molecule has 0 saturated heterocycles. The Labute approximate surface area is 74.4 Å². The van der Waals surface area contributed by atoms with Crippen molar-refractivity contribution >= 4 is 0 Å². The van der Waals surface area contributed by atoms with Crippen molar-refractivity contribution in [2.24, 2.45) is 0 Å². The van der Waals surface area contributed by atoms with Gasteiger partial charge < -0.3 is 4.74 Å². The SMILES string of the molecule is CCc1ccc(OC(C)C)cc1. The molecule has 0 aliphatic carbocycles. The Balaban J connectivity index is 2.65. The summed E-state index contributed by atoms with van der Waals surface area (Å²) in [6.45, 7) is 6.22. The lowest BCUT2D eigenvalue weighted by Crippen LogP contribution is -2.05. The third-order valence-corrected chi connectivity index (χ3v) is 1.70. The third kappa shape index (κ3) is 2.57. The lowest BCUT2D eigenvalue weighted by molar-refractivity contribution is 0.242. The highest BCUT2D eigenvalue weighted by Crippen LogP contribution is 2.13. The van der Waals surface area contributed by atoms with Crippen LogP contribution < -0.4 is 4.74 Å². The van der Waals surface area contributed by atoms with Crippen molar-refractivity contribution in [3.05, 3.63) is 29.8 Å². The zero-order valence-electron chi connectivity index (χ0n) is 8.00. The maximum Gasteiger partial charge on any atom is 0.119 e. The van der Waals surface area contributed by atoms with Crippen LogP contribution in [0.1, 0.15) is 26.3 Å². The summed E-state index contributed by atoms with van der Waals surface area (Å²) in [6.07, 6.45) is 1.35. The standard InChI is InChI=1S/C11H16O/c1-4-10-5-7-11(8-6-10)12-9(2)3/h5-9H,4H2,1-3H3. The van der Waals surface area contributed by atoms with Gasteiger partial charge in [-0.3, -0.25) is 0 Å². The number of aryl methyl sites for hydroxylation is 1. The second kappa shape index (κ2) is 4.15. The molecule has 1 rings (SSSR count). The Morgan fingerprint density at radius 3 is 2.17 bits per heavy atom. The van der Waals surface area contributed by atoms with Gasteiger partial charge >= 0.3 is 0 Å². The van der Waals surface area contributed by atoms with Crippen molar-refractivity contribution in [2.75, 3.05) is 0 Å². The van der Waals surface area contributed by atoms with Crippen LogP contribution >= 0.6 is 0 Å². The summed E-state index contributed by atoms with van der Waals surface area (Å²) < 4.78 is 5.51. The van der Waals surface area contributed by atoms with Gasteiger partial charge in [0.15, 0.2) is 0 Å². The fraction of sp³-hybridized carbons (Fsp3) is 0.455. The van der Waals surface area contributed by atoms with E-state index in [0.717, 1.165) is 12.2 Å². The number of hydrogen-bond donors (Lipinski definition) is 0. The lowest BCUT2D eigenvalue weighted by Gasteiger charge is -2.09. The first-order valence-corrected chi connectivity index (χ1v) is 4.48. The molecule has 1 nitrogen and oxygen atoms in total. The second-order valence-corrected chi connectivity index (χ2v) is 3.16. The molecule has 1 heteroatoms. The van der Waals surface area contributed by atoms with E-state index in [-0.39, 0.29) is 6.10 Å². The normalized spacial score (nSPS) is 10.3. The topological polar surface area (TPSA) is 9.23 Å². The molecular weight excluding hydrogens is 148 g/mol. The average Bonchev–Trinajstić information content (AvgIpc) is 2.05. The van der Waals surface area contributed by atoms with Gasteiger partial charge in [0, 0.05) is 0 Å². The Morgan fingerprint density at radius 1 is 1.17 bits per heavy atom. The predicted octanol–water partition coefficient (Wildman–Crippen LogP) is 3.04. The molecule has 0 heterocycles. The van der Waals surface area contributed by atoms with Crippen molar-refractivity contribution in [1.29, 1.82) is 0 Å². The molecule has 0 amide bonds. The monoisotopic (exact) mass is 164 g/mol. The molecule has 0 unspecified atom stereocenters. The Kier molecular flexibility index (Phi) is 3.15. The van der Waals surface area contributed by atoms with Crippen molar-refractivity contribution in [1.82, 2.24) is 0 Å². The molecule has 12 heavy (non-hydrogen) atoms. The molecule has 0 fully saturated rings. The maximum atomic E-state index is 5.51. The fourth-order valence-corrected chi connectivity index (χ4v) is 1.08. The zero-order valence-corrected chi connectivity index (χ0v) is 8.00. The summed E-state index contributed by atoms with van der Waals surface area (Å²) in [5.74, 6) is 0.960. The fourth-order valence-electron chi connectivity index (χ4n) is 1.08. The quantitative estimate of drug-likeness (QED) is 0.667. The van der Waals surface area contributed by atoms with Crippen LogP contribution in [0.15, 0.2) is 24.3 Å². The summed E-state index contributed by atoms with van der Waals surface area (Å²) in [4.78, 5) is 0. The average molecular weight is 164 g/mol. The Morgan fingerprint density at radius 2 is 1.75 bits per heavy atom. The van der Waals surface area contributed by atoms with Crippen LogP contribution in [0.25, 0.3) is 0 Å². The van der Waals surface area contributed by atoms with Gasteiger partial charge in [0.25, 0.3) is 0 Å². The van der Waals surface area contributed by atoms with Gasteiger partial charge in [0.05, 0.1) is 6.10 Å². The van der Waals surface area contributed by atoms with Crippen molar-refractivity contribution < 1.29 is 4.74 Å². The Bertz CT molecular complexity index is 223. The first-order valence-electron chi connectivity index (χ1n) is 4.48. The van der Waals surface area contributed by atoms with Gasteiger partial charge in [0.1, 0.15) is 5.75 Å². The smallest absolute Gasteiger partial charge is 0.119 e. The van der Waals surface area contributed by atoms with E-state index in [1.165, 1.54) is 5.56 Å². The van der Waals surface area contributed by atoms with E-state index in [1.807, 2.05) is 26.0 Å². The van der Waals surface area contributed by atoms with Crippen LogP contribution in [-0.4, -0.2) is 6.10 Å². The van der Waals surface area contributed by atoms with E-state index in [4.69, 9.17) is 4.74 Å². The van der Waals surface area contributed by atoms with Crippen LogP contribution in [0.2, 0.25) is 0 Å². The molecule has 0 aromatic heterocycles. The summed E-state index contributed by atoms with van der Waals surface area (Å²) in [7, 11) is 0. The molecule has 1 aromatic carbocycles. The van der Waals surface area contributed by atoms with Gasteiger partial charge in [0.2, 0.25) is 0 Å². The summed E-state index contributed by atoms with van der Waals surface area (Å²) in [5, 5.41) is 0. The largest absolute Gasteiger partial charge is 0.491 e. The van der Waals surface area contributed by atoms with Gasteiger partial charge in [-0.05, 0) is 38.0 Å². The van der Waals surface area contributed by atoms with Crippen LogP contribution in [0, 0.1) is 0 Å². The molecule has 0 radical (unpaired) electrons. The minimum Gasteiger partial charge on any atom is -0.491 e. The van der Waals surface area contributed by atoms with E-state index in [0.29, 0.717) is 0 Å². The molecule has 0 N–H and O–H groups in total. The van der Waals surface area contributed by atoms with Crippen LogP contribution in [0.4, 0.5) is 0 Å². The third-order valence-electron chi connectivity index (χ3n) is 1.70. The second-order valence-electron chi connectivity index (χ2n) is 3.16. The highest BCUT2D eigenvalue weighted by atomic mass is 16.5. The van der Waals surface area contributed by atoms with Gasteiger partial charge in [-0.25, -0.2) is 0 Å². The molecule has 0 aliphatic heterocycles. The minimum atomic E-state index is 0.262. The number of ether oxygens (including phenoxy) is 1. The minimum absolute atomic E-state index is 0.262. The Hall–Kier alpha value is -0.980. The summed E-state index contributed by atoms with van der Waals surface area (Å²) in [5.41, 5.74) is 1.35. The molecule has 0 spiro atoms. The predicted molar refractivity (Wildman–Crippen MR) is 51.6 cm³/mol. The highest BCUT2D eigenvalue weighted by molar-refractivity contribution is 5.27. The molecule has 1 aromatic rings. The zero-order chi connectivity index (χ0) is 8.97. The van der Waals surface area contributed by atoms with Gasteiger partial charge in [-0.1, -0.05) is 19.1 Å². The highest BCUT2D eigenvalue weighted by Gasteiger charge is 1.96. The van der Waals surface area contributed by atoms with Crippen LogP contribution in [-0.2, 0) is 6.42 Å². The van der Waals surface area contributed by atoms with Crippen LogP contribution in [0.5, 0.6) is 5.75 Å². The summed E-state index contributed by atoms with van der Waals surface area (Å²) in [6, 6.07) is 8.27. The van der Waals surface area contributed by atoms with E-state index in [9.17, 15) is 0 Å². The van der Waals surface area contributed by atoms with E-state index >= 15 is 0 Å². The molecule has 0 aliphatic rings. The van der Waals surface area contributed by atoms with Gasteiger partial charge in [-0.2, -0.15) is 0 Å². The number of rotatable bonds is 3. The molecule has 0 saturated carbocycles. The maximum absolute atomic E-state index is 5.51. The molecular formula is C11H16O. The van der Waals surface area contributed by atoms with E-state index < -0.39 is 0 Å². The molecule has 66 valence electrons. The van der Waals surface area contributed by atoms with Crippen molar-refractivity contribution in [2.45, 2.75) is 33.3 Å². The summed E-state index contributed by atoms with van der Waals surface area (Å²) >= 11 is 0. The van der Waals surface area contributed by atoms with E-state index in [1.54, 1.807) is 0 Å². The molecule has 0 bridgehead atoms. The first-order chi connectivity index (χ1) is 5.72. The van der Waals surface area contributed by atoms with E-state index in [2.05, 4.69) is 19.1 Å². The number of hydrogen-bond acceptors (Lipinski definition) is 1. The lowest BCUT2D eigenvalue weighted by atomic mass is 10.2. The van der Waals surface area contributed by atoms with Gasteiger partial charge in [-0.15, -0.1) is 0 Å². The van der Waals surface area contributed by atoms with Crippen molar-refractivity contribution in [3.63, 3.8) is 0 Å². The first kappa shape index (κ1) is 9.11. The number of benzene rings is 1. The molecule has 0 atom stereocenters. The van der Waals surface area contributed by atoms with Crippen molar-refractivity contribution in [3.8, 4) is 5.75 Å². The van der Waals surface area contributed by atoms with Crippen LogP contribution in [0.3, 0.4) is 0 Å².